The fourth-order valence-electron chi connectivity index (χ4n) is 2.04. The van der Waals surface area contributed by atoms with Gasteiger partial charge < -0.3 is 19.9 Å². The highest BCUT2D eigenvalue weighted by Gasteiger charge is 1.99. The lowest BCUT2D eigenvalue weighted by Crippen LogP contribution is -2.38. The summed E-state index contributed by atoms with van der Waals surface area (Å²) in [7, 11) is 3.78. The molecule has 5 nitrogen and oxygen atoms in total. The van der Waals surface area contributed by atoms with Crippen molar-refractivity contribution in [3.63, 3.8) is 0 Å². The first-order valence-electron chi connectivity index (χ1n) is 7.42. The molecule has 2 N–H and O–H groups in total. The fourth-order valence-corrected chi connectivity index (χ4v) is 2.04. The Balaban J connectivity index is 1.67. The molecular weight excluding hydrogens is 276 g/mol. The van der Waals surface area contributed by atoms with E-state index in [4.69, 9.17) is 4.74 Å². The third-order valence-corrected chi connectivity index (χ3v) is 3.26. The predicted molar refractivity (Wildman–Crippen MR) is 90.3 cm³/mol. The molecule has 0 bridgehead atoms. The molecule has 118 valence electrons. The second kappa shape index (κ2) is 8.12. The van der Waals surface area contributed by atoms with E-state index in [0.717, 1.165) is 18.3 Å². The van der Waals surface area contributed by atoms with E-state index < -0.39 is 0 Å². The number of aromatic nitrogens is 1. The van der Waals surface area contributed by atoms with Crippen molar-refractivity contribution >= 4 is 5.96 Å². The highest BCUT2D eigenvalue weighted by molar-refractivity contribution is 5.79. The van der Waals surface area contributed by atoms with Crippen molar-refractivity contribution in [2.75, 3.05) is 20.2 Å². The van der Waals surface area contributed by atoms with E-state index in [1.165, 1.54) is 11.1 Å². The zero-order valence-corrected chi connectivity index (χ0v) is 13.5. The van der Waals surface area contributed by atoms with E-state index in [-0.39, 0.29) is 0 Å². The fraction of sp³-hybridized carbons (Fsp3) is 0.353. The Kier molecular flexibility index (Phi) is 5.89. The van der Waals surface area contributed by atoms with E-state index in [9.17, 15) is 0 Å². The molecule has 0 aliphatic rings. The highest BCUT2D eigenvalue weighted by atomic mass is 16.5. The van der Waals surface area contributed by atoms with Gasteiger partial charge in [0.25, 0.3) is 0 Å². The molecule has 0 saturated heterocycles. The van der Waals surface area contributed by atoms with E-state index in [0.29, 0.717) is 13.2 Å². The lowest BCUT2D eigenvalue weighted by molar-refractivity contribution is 0.322. The van der Waals surface area contributed by atoms with Crippen molar-refractivity contribution in [3.8, 4) is 5.75 Å². The Labute approximate surface area is 132 Å². The highest BCUT2D eigenvalue weighted by Crippen LogP contribution is 2.10. The van der Waals surface area contributed by atoms with Gasteiger partial charge in [0.05, 0.1) is 6.54 Å². The van der Waals surface area contributed by atoms with Gasteiger partial charge in [0.1, 0.15) is 12.4 Å². The molecule has 1 heterocycles. The molecule has 22 heavy (non-hydrogen) atoms. The number of ether oxygens (including phenoxy) is 1. The minimum Gasteiger partial charge on any atom is -0.492 e. The number of hydrogen-bond donors (Lipinski definition) is 2. The summed E-state index contributed by atoms with van der Waals surface area (Å²) in [5, 5.41) is 6.51. The van der Waals surface area contributed by atoms with Crippen molar-refractivity contribution in [1.29, 1.82) is 0 Å². The third-order valence-electron chi connectivity index (χ3n) is 3.26. The van der Waals surface area contributed by atoms with Crippen LogP contribution in [0.1, 0.15) is 11.1 Å². The van der Waals surface area contributed by atoms with Crippen molar-refractivity contribution in [2.24, 2.45) is 12.0 Å². The van der Waals surface area contributed by atoms with Gasteiger partial charge in [-0.15, -0.1) is 0 Å². The third kappa shape index (κ3) is 5.16. The van der Waals surface area contributed by atoms with Gasteiger partial charge >= 0.3 is 0 Å². The smallest absolute Gasteiger partial charge is 0.191 e. The average molecular weight is 300 g/mol. The largest absolute Gasteiger partial charge is 0.492 e. The molecule has 0 unspecified atom stereocenters. The van der Waals surface area contributed by atoms with Crippen LogP contribution in [-0.2, 0) is 13.6 Å². The first-order valence-corrected chi connectivity index (χ1v) is 7.42. The lowest BCUT2D eigenvalue weighted by atomic mass is 10.2. The second-order valence-corrected chi connectivity index (χ2v) is 5.20. The quantitative estimate of drug-likeness (QED) is 0.488. The molecule has 0 fully saturated rings. The number of aliphatic imine (C=N–C) groups is 1. The van der Waals surface area contributed by atoms with Crippen LogP contribution in [0.2, 0.25) is 0 Å². The van der Waals surface area contributed by atoms with Crippen LogP contribution in [0.3, 0.4) is 0 Å². The van der Waals surface area contributed by atoms with Gasteiger partial charge in [0, 0.05) is 33.0 Å². The van der Waals surface area contributed by atoms with Gasteiger partial charge in [0.2, 0.25) is 0 Å². The van der Waals surface area contributed by atoms with Gasteiger partial charge in [-0.3, -0.25) is 4.99 Å². The maximum Gasteiger partial charge on any atom is 0.191 e. The molecule has 0 aliphatic carbocycles. The van der Waals surface area contributed by atoms with Gasteiger partial charge in [-0.1, -0.05) is 17.7 Å². The minimum atomic E-state index is 0.592. The van der Waals surface area contributed by atoms with Gasteiger partial charge in [0.15, 0.2) is 5.96 Å². The van der Waals surface area contributed by atoms with Crippen LogP contribution in [0.15, 0.2) is 47.7 Å². The van der Waals surface area contributed by atoms with Gasteiger partial charge in [-0.05, 0) is 30.7 Å². The summed E-state index contributed by atoms with van der Waals surface area (Å²) in [6.07, 6.45) is 4.11. The lowest BCUT2D eigenvalue weighted by Gasteiger charge is -2.12. The van der Waals surface area contributed by atoms with Crippen molar-refractivity contribution in [2.45, 2.75) is 13.5 Å². The first kappa shape index (κ1) is 15.9. The molecule has 5 heteroatoms. The number of rotatable bonds is 6. The van der Waals surface area contributed by atoms with Crippen LogP contribution in [-0.4, -0.2) is 30.7 Å². The van der Waals surface area contributed by atoms with Crippen LogP contribution in [0, 0.1) is 6.92 Å². The number of benzene rings is 1. The molecule has 2 rings (SSSR count). The monoisotopic (exact) mass is 300 g/mol. The zero-order chi connectivity index (χ0) is 15.8. The molecule has 2 aromatic rings. The molecule has 0 aliphatic heterocycles. The number of nitrogens with zero attached hydrogens (tertiary/aromatic N) is 2. The Bertz CT molecular complexity index is 601. The van der Waals surface area contributed by atoms with E-state index >= 15 is 0 Å². The summed E-state index contributed by atoms with van der Waals surface area (Å²) in [6.45, 7) is 4.10. The molecule has 0 atom stereocenters. The average Bonchev–Trinajstić information content (AvgIpc) is 2.94. The summed E-state index contributed by atoms with van der Waals surface area (Å²) < 4.78 is 7.70. The molecule has 0 amide bonds. The standard InChI is InChI=1S/C17H24N4O/c1-14-4-6-16(7-5-14)22-11-9-19-17(18-2)20-12-15-8-10-21(3)13-15/h4-8,10,13H,9,11-12H2,1-3H3,(H2,18,19,20). The zero-order valence-electron chi connectivity index (χ0n) is 13.5. The number of guanidine groups is 1. The summed E-state index contributed by atoms with van der Waals surface area (Å²) in [4.78, 5) is 4.20. The molecule has 0 radical (unpaired) electrons. The minimum absolute atomic E-state index is 0.592. The molecule has 0 spiro atoms. The summed E-state index contributed by atoms with van der Waals surface area (Å²) in [5.41, 5.74) is 2.46. The number of aryl methyl sites for hydroxylation is 2. The SMILES string of the molecule is CN=C(NCCOc1ccc(C)cc1)NCc1ccn(C)c1. The van der Waals surface area contributed by atoms with Crippen molar-refractivity contribution in [3.05, 3.63) is 53.9 Å². The first-order chi connectivity index (χ1) is 10.7. The molecule has 1 aromatic heterocycles. The van der Waals surface area contributed by atoms with E-state index in [1.807, 2.05) is 42.1 Å². The van der Waals surface area contributed by atoms with E-state index in [2.05, 4.69) is 34.8 Å². The van der Waals surface area contributed by atoms with Crippen LogP contribution in [0.5, 0.6) is 5.75 Å². The summed E-state index contributed by atoms with van der Waals surface area (Å²) in [5.74, 6) is 1.66. The number of hydrogen-bond acceptors (Lipinski definition) is 2. The predicted octanol–water partition coefficient (Wildman–Crippen LogP) is 2.08. The maximum atomic E-state index is 5.67. The van der Waals surface area contributed by atoms with Gasteiger partial charge in [-0.2, -0.15) is 0 Å². The Hall–Kier alpha value is -2.43. The Morgan fingerprint density at radius 1 is 1.18 bits per heavy atom. The maximum absolute atomic E-state index is 5.67. The van der Waals surface area contributed by atoms with Crippen LogP contribution >= 0.6 is 0 Å². The molecular formula is C17H24N4O. The van der Waals surface area contributed by atoms with Crippen LogP contribution in [0.4, 0.5) is 0 Å². The normalized spacial score (nSPS) is 11.3. The Morgan fingerprint density at radius 3 is 2.59 bits per heavy atom. The van der Waals surface area contributed by atoms with Gasteiger partial charge in [-0.25, -0.2) is 0 Å². The van der Waals surface area contributed by atoms with Crippen LogP contribution in [0.25, 0.3) is 0 Å². The van der Waals surface area contributed by atoms with E-state index in [1.54, 1.807) is 7.05 Å². The second-order valence-electron chi connectivity index (χ2n) is 5.20. The summed E-state index contributed by atoms with van der Waals surface area (Å²) >= 11 is 0. The van der Waals surface area contributed by atoms with Crippen molar-refractivity contribution in [1.82, 2.24) is 15.2 Å². The Morgan fingerprint density at radius 2 is 1.95 bits per heavy atom. The van der Waals surface area contributed by atoms with Crippen molar-refractivity contribution < 1.29 is 4.74 Å². The number of nitrogens with one attached hydrogen (secondary N) is 2. The topological polar surface area (TPSA) is 50.6 Å². The van der Waals surface area contributed by atoms with Crippen LogP contribution < -0.4 is 15.4 Å². The molecule has 0 saturated carbocycles. The molecule has 1 aromatic carbocycles. The summed E-state index contributed by atoms with van der Waals surface area (Å²) in [6, 6.07) is 10.1.